The summed E-state index contributed by atoms with van der Waals surface area (Å²) in [5.74, 6) is -0.823. The van der Waals surface area contributed by atoms with Crippen LogP contribution in [-0.2, 0) is 20.7 Å². The fourth-order valence-electron chi connectivity index (χ4n) is 4.91. The Morgan fingerprint density at radius 3 is 2.17 bits per heavy atom. The van der Waals surface area contributed by atoms with Gasteiger partial charge in [0.15, 0.2) is 0 Å². The minimum atomic E-state index is -0.764. The number of likely N-dealkylation sites (tertiary alicyclic amines) is 1. The molecule has 2 aromatic carbocycles. The van der Waals surface area contributed by atoms with Gasteiger partial charge in [0.05, 0.1) is 0 Å². The minimum absolute atomic E-state index is 0.0423. The predicted octanol–water partition coefficient (Wildman–Crippen LogP) is 3.83. The fraction of sp³-hybridized carbons (Fsp3) is 0.543. The Morgan fingerprint density at radius 1 is 1.06 bits per heavy atom. The Bertz CT molecular complexity index is 1270. The molecule has 48 heavy (non-hydrogen) atoms. The molecule has 1 heterocycles. The summed E-state index contributed by atoms with van der Waals surface area (Å²) in [6.45, 7) is 12.6. The van der Waals surface area contributed by atoms with Gasteiger partial charge in [-0.2, -0.15) is 0 Å². The van der Waals surface area contributed by atoms with Gasteiger partial charge in [-0.3, -0.25) is 19.5 Å². The third-order valence-electron chi connectivity index (χ3n) is 7.43. The van der Waals surface area contributed by atoms with Crippen molar-refractivity contribution < 1.29 is 28.3 Å². The number of rotatable bonds is 11. The molecule has 3 rings (SSSR count). The van der Waals surface area contributed by atoms with Crippen LogP contribution in [0.2, 0.25) is 0 Å². The average molecular weight is 691 g/mol. The maximum atomic E-state index is 13.8. The lowest BCUT2D eigenvalue weighted by Crippen LogP contribution is -2.58. The molecule has 2 aromatic rings. The van der Waals surface area contributed by atoms with Gasteiger partial charge in [0.1, 0.15) is 30.3 Å². The maximum absolute atomic E-state index is 13.8. The molecule has 1 aliphatic rings. The van der Waals surface area contributed by atoms with Gasteiger partial charge in [0.2, 0.25) is 11.8 Å². The van der Waals surface area contributed by atoms with Gasteiger partial charge in [0, 0.05) is 37.8 Å². The number of likely N-dealkylation sites (N-methyl/N-ethyl adjacent to an activating group) is 2. The highest BCUT2D eigenvalue weighted by molar-refractivity contribution is 7.77. The van der Waals surface area contributed by atoms with E-state index < -0.39 is 29.1 Å². The van der Waals surface area contributed by atoms with E-state index in [1.165, 1.54) is 24.1 Å². The molecule has 1 saturated heterocycles. The summed E-state index contributed by atoms with van der Waals surface area (Å²) < 4.78 is 18.5. The van der Waals surface area contributed by atoms with Crippen LogP contribution in [0.25, 0.3) is 0 Å². The second-order valence-electron chi connectivity index (χ2n) is 13.7. The molecule has 0 radical (unpaired) electrons. The number of nitrogens with zero attached hydrogens (tertiary/aromatic N) is 2. The van der Waals surface area contributed by atoms with Crippen molar-refractivity contribution in [1.29, 1.82) is 0 Å². The zero-order valence-electron chi connectivity index (χ0n) is 29.6. The quantitative estimate of drug-likeness (QED) is 0.136. The van der Waals surface area contributed by atoms with Crippen LogP contribution >= 0.6 is 12.8 Å². The van der Waals surface area contributed by atoms with E-state index >= 15 is 0 Å². The third-order valence-corrected chi connectivity index (χ3v) is 7.43. The highest BCUT2D eigenvalue weighted by Crippen LogP contribution is 2.26. The lowest BCUT2D eigenvalue weighted by atomic mass is 9.85. The average Bonchev–Trinajstić information content (AvgIpc) is 3.46. The number of thiol groups is 1. The van der Waals surface area contributed by atoms with Crippen molar-refractivity contribution in [3.63, 3.8) is 0 Å². The van der Waals surface area contributed by atoms with Gasteiger partial charge in [-0.15, -0.1) is 12.8 Å². The Balaban J connectivity index is 0.000000989. The number of amides is 3. The summed E-state index contributed by atoms with van der Waals surface area (Å²) in [7, 11) is 3.38. The standard InChI is InChI=1S/C28H46FN5O4.C7H6O.H3NS/c1-27(2,3)24(32-23(35)18-33(8)26(37)38-28(4,5)6)25(36)34-17-21(30-7)15-22(34)16-31-14-13-19-9-11-20(29)12-10-19;8-6-7-4-2-1-3-5-7;1-2/h9-12,21-22,24,30-31H,13-18H2,1-8H3,(H,32,35);1-6H;2H,1H2. The summed E-state index contributed by atoms with van der Waals surface area (Å²) in [5.41, 5.74) is 0.550. The van der Waals surface area contributed by atoms with Crippen molar-refractivity contribution >= 4 is 37.0 Å². The molecule has 0 spiro atoms. The zero-order chi connectivity index (χ0) is 36.5. The Labute approximate surface area is 291 Å². The molecule has 3 atom stereocenters. The number of ether oxygens (including phenoxy) is 1. The summed E-state index contributed by atoms with van der Waals surface area (Å²) in [4.78, 5) is 52.0. The number of aldehydes is 1. The number of nitrogens with one attached hydrogen (secondary N) is 3. The van der Waals surface area contributed by atoms with Crippen molar-refractivity contribution in [3.05, 3.63) is 71.5 Å². The molecular weight excluding hydrogens is 635 g/mol. The van der Waals surface area contributed by atoms with E-state index in [2.05, 4.69) is 33.9 Å². The summed E-state index contributed by atoms with van der Waals surface area (Å²) >= 11 is 3.03. The molecule has 5 N–H and O–H groups in total. The van der Waals surface area contributed by atoms with Crippen LogP contribution in [0, 0.1) is 11.2 Å². The van der Waals surface area contributed by atoms with Crippen LogP contribution in [0.4, 0.5) is 9.18 Å². The molecule has 3 unspecified atom stereocenters. The molecule has 0 saturated carbocycles. The first-order valence-electron chi connectivity index (χ1n) is 16.0. The van der Waals surface area contributed by atoms with Crippen molar-refractivity contribution in [2.45, 2.75) is 78.1 Å². The normalized spacial score (nSPS) is 16.4. The highest BCUT2D eigenvalue weighted by atomic mass is 32.1. The molecule has 1 fully saturated rings. The van der Waals surface area contributed by atoms with Crippen LogP contribution < -0.4 is 21.1 Å². The number of hydrogen-bond acceptors (Lipinski definition) is 9. The van der Waals surface area contributed by atoms with Crippen molar-refractivity contribution in [1.82, 2.24) is 25.8 Å². The van der Waals surface area contributed by atoms with Crippen molar-refractivity contribution in [3.8, 4) is 0 Å². The van der Waals surface area contributed by atoms with Crippen LogP contribution in [-0.4, -0.2) is 98.0 Å². The molecule has 0 aliphatic carbocycles. The van der Waals surface area contributed by atoms with Crippen LogP contribution in [0.1, 0.15) is 63.9 Å². The van der Waals surface area contributed by atoms with Gasteiger partial charge >= 0.3 is 6.09 Å². The minimum Gasteiger partial charge on any atom is -0.444 e. The predicted molar refractivity (Wildman–Crippen MR) is 191 cm³/mol. The molecule has 268 valence electrons. The van der Waals surface area contributed by atoms with Gasteiger partial charge in [-0.05, 0) is 70.3 Å². The molecule has 11 nitrogen and oxygen atoms in total. The summed E-state index contributed by atoms with van der Waals surface area (Å²) in [6.07, 6.45) is 1.77. The van der Waals surface area contributed by atoms with E-state index in [4.69, 9.17) is 4.74 Å². The van der Waals surface area contributed by atoms with Crippen LogP contribution in [0.3, 0.4) is 0 Å². The van der Waals surface area contributed by atoms with Gasteiger partial charge in [-0.25, -0.2) is 9.18 Å². The largest absolute Gasteiger partial charge is 0.444 e. The number of carbonyl (C=O) groups is 4. The van der Waals surface area contributed by atoms with E-state index in [1.54, 1.807) is 45.0 Å². The first-order valence-corrected chi connectivity index (χ1v) is 16.5. The smallest absolute Gasteiger partial charge is 0.410 e. The topological polar surface area (TPSA) is 146 Å². The summed E-state index contributed by atoms with van der Waals surface area (Å²) in [6, 6.07) is 14.9. The monoisotopic (exact) mass is 690 g/mol. The van der Waals surface area contributed by atoms with E-state index in [1.807, 2.05) is 50.9 Å². The van der Waals surface area contributed by atoms with Gasteiger partial charge in [0.25, 0.3) is 0 Å². The molecule has 13 heteroatoms. The lowest BCUT2D eigenvalue weighted by Gasteiger charge is -2.36. The van der Waals surface area contributed by atoms with Crippen LogP contribution in [0.15, 0.2) is 54.6 Å². The molecular formula is C35H55FN6O5S. The SMILES string of the molecule is CNC1CC(CNCCc2ccc(F)cc2)N(C(=O)C(NC(=O)CN(C)C(=O)OC(C)(C)C)C(C)(C)C)C1.NS.O=Cc1ccccc1. The molecule has 1 aliphatic heterocycles. The fourth-order valence-corrected chi connectivity index (χ4v) is 4.91. The highest BCUT2D eigenvalue weighted by Gasteiger charge is 2.42. The number of benzene rings is 2. The number of halogens is 1. The third kappa shape index (κ3) is 15.6. The van der Waals surface area contributed by atoms with Crippen LogP contribution in [0.5, 0.6) is 0 Å². The zero-order valence-corrected chi connectivity index (χ0v) is 30.5. The second-order valence-corrected chi connectivity index (χ2v) is 13.7. The Hall–Kier alpha value is -3.52. The first kappa shape index (κ1) is 42.5. The molecule has 3 amide bonds. The maximum Gasteiger partial charge on any atom is 0.410 e. The number of carbonyl (C=O) groups excluding carboxylic acids is 4. The van der Waals surface area contributed by atoms with E-state index in [0.29, 0.717) is 19.6 Å². The second kappa shape index (κ2) is 20.8. The summed E-state index contributed by atoms with van der Waals surface area (Å²) in [5, 5.41) is 13.8. The molecule has 0 aromatic heterocycles. The van der Waals surface area contributed by atoms with Crippen molar-refractivity contribution in [2.24, 2.45) is 10.6 Å². The lowest BCUT2D eigenvalue weighted by molar-refractivity contribution is -0.140. The Morgan fingerprint density at radius 2 is 1.67 bits per heavy atom. The van der Waals surface area contributed by atoms with Gasteiger partial charge < -0.3 is 30.5 Å². The van der Waals surface area contributed by atoms with E-state index in [9.17, 15) is 23.6 Å². The molecule has 0 bridgehead atoms. The first-order chi connectivity index (χ1) is 22.5. The number of nitrogens with two attached hydrogens (primary N) is 1. The van der Waals surface area contributed by atoms with E-state index in [0.717, 1.165) is 30.3 Å². The number of hydrogen-bond donors (Lipinski definition) is 5. The Kier molecular flexibility index (Phi) is 18.4. The van der Waals surface area contributed by atoms with Gasteiger partial charge in [-0.1, -0.05) is 63.2 Å². The van der Waals surface area contributed by atoms with Crippen molar-refractivity contribution in [2.75, 3.05) is 40.3 Å². The van der Waals surface area contributed by atoms with E-state index in [-0.39, 0.29) is 30.4 Å².